The molecule has 0 aromatic rings. The van der Waals surface area contributed by atoms with Crippen LogP contribution in [0.1, 0.15) is 6.92 Å². The third-order valence-corrected chi connectivity index (χ3v) is 0.790. The maximum atomic E-state index is 5.45. The van der Waals surface area contributed by atoms with Crippen molar-refractivity contribution in [3.8, 4) is 0 Å². The van der Waals surface area contributed by atoms with Crippen LogP contribution in [0.2, 0.25) is 0 Å². The molecule has 52 valence electrons. The molecule has 0 aromatic heterocycles. The van der Waals surface area contributed by atoms with Gasteiger partial charge in [0.05, 0.1) is 0 Å². The largest absolute Gasteiger partial charge is 0.389 e. The number of hydrogen-bond donors (Lipinski definition) is 2. The van der Waals surface area contributed by atoms with Crippen molar-refractivity contribution in [3.63, 3.8) is 0 Å². The van der Waals surface area contributed by atoms with Crippen LogP contribution in [0.3, 0.4) is 0 Å². The standard InChI is InChI=1S/C7H14N2/c1-3-4-5-9-6-7(2)8/h3-5,7,9H,1,6,8H2,2H3/b5-4-. The molecule has 0 bridgehead atoms. The van der Waals surface area contributed by atoms with Gasteiger partial charge in [-0.25, -0.2) is 0 Å². The van der Waals surface area contributed by atoms with Gasteiger partial charge >= 0.3 is 0 Å². The normalized spacial score (nSPS) is 13.6. The Labute approximate surface area is 56.4 Å². The van der Waals surface area contributed by atoms with Crippen LogP contribution < -0.4 is 11.1 Å². The van der Waals surface area contributed by atoms with Gasteiger partial charge in [-0.05, 0) is 19.2 Å². The van der Waals surface area contributed by atoms with E-state index < -0.39 is 0 Å². The van der Waals surface area contributed by atoms with Crippen LogP contribution in [0.4, 0.5) is 0 Å². The minimum Gasteiger partial charge on any atom is -0.389 e. The molecule has 2 heteroatoms. The van der Waals surface area contributed by atoms with Crippen molar-refractivity contribution < 1.29 is 0 Å². The molecule has 0 rings (SSSR count). The van der Waals surface area contributed by atoms with Crippen molar-refractivity contribution >= 4 is 0 Å². The summed E-state index contributed by atoms with van der Waals surface area (Å²) in [6, 6.07) is 0.208. The number of nitrogens with two attached hydrogens (primary N) is 1. The van der Waals surface area contributed by atoms with Crippen LogP contribution >= 0.6 is 0 Å². The highest BCUT2D eigenvalue weighted by Crippen LogP contribution is 1.71. The fraction of sp³-hybridized carbons (Fsp3) is 0.429. The molecule has 0 aliphatic carbocycles. The van der Waals surface area contributed by atoms with E-state index in [0.717, 1.165) is 6.54 Å². The second kappa shape index (κ2) is 5.38. The van der Waals surface area contributed by atoms with E-state index in [0.29, 0.717) is 0 Å². The maximum Gasteiger partial charge on any atom is 0.0290 e. The van der Waals surface area contributed by atoms with E-state index in [1.807, 2.05) is 19.2 Å². The summed E-state index contributed by atoms with van der Waals surface area (Å²) in [5.74, 6) is 0. The zero-order chi connectivity index (χ0) is 7.11. The highest BCUT2D eigenvalue weighted by molar-refractivity contribution is 4.95. The van der Waals surface area contributed by atoms with Crippen molar-refractivity contribution in [2.75, 3.05) is 6.54 Å². The Hall–Kier alpha value is -0.760. The van der Waals surface area contributed by atoms with Crippen LogP contribution in [0.5, 0.6) is 0 Å². The molecule has 0 amide bonds. The maximum absolute atomic E-state index is 5.45. The lowest BCUT2D eigenvalue weighted by Crippen LogP contribution is -2.27. The van der Waals surface area contributed by atoms with Crippen LogP contribution in [0.25, 0.3) is 0 Å². The van der Waals surface area contributed by atoms with Gasteiger partial charge in [-0.1, -0.05) is 12.7 Å². The summed E-state index contributed by atoms with van der Waals surface area (Å²) >= 11 is 0. The molecule has 9 heavy (non-hydrogen) atoms. The van der Waals surface area contributed by atoms with Gasteiger partial charge in [-0.3, -0.25) is 0 Å². The van der Waals surface area contributed by atoms with Crippen LogP contribution in [-0.4, -0.2) is 12.6 Å². The van der Waals surface area contributed by atoms with Crippen molar-refractivity contribution in [2.24, 2.45) is 5.73 Å². The van der Waals surface area contributed by atoms with E-state index in [1.165, 1.54) is 0 Å². The van der Waals surface area contributed by atoms with Gasteiger partial charge in [0, 0.05) is 12.6 Å². The van der Waals surface area contributed by atoms with Gasteiger partial charge in [-0.2, -0.15) is 0 Å². The molecule has 1 unspecified atom stereocenters. The first-order valence-corrected chi connectivity index (χ1v) is 3.04. The second-order valence-corrected chi connectivity index (χ2v) is 1.98. The zero-order valence-electron chi connectivity index (χ0n) is 5.80. The summed E-state index contributed by atoms with van der Waals surface area (Å²) in [7, 11) is 0. The average Bonchev–Trinajstić information content (AvgIpc) is 1.80. The Morgan fingerprint density at radius 1 is 1.78 bits per heavy atom. The summed E-state index contributed by atoms with van der Waals surface area (Å²) in [6.45, 7) is 6.28. The summed E-state index contributed by atoms with van der Waals surface area (Å²) < 4.78 is 0. The van der Waals surface area contributed by atoms with Gasteiger partial charge in [0.2, 0.25) is 0 Å². The topological polar surface area (TPSA) is 38.0 Å². The summed E-state index contributed by atoms with van der Waals surface area (Å²) in [5.41, 5.74) is 5.45. The Bertz CT molecular complexity index is 95.1. The lowest BCUT2D eigenvalue weighted by molar-refractivity contribution is 0.687. The SMILES string of the molecule is C=C/C=C\NCC(C)N. The quantitative estimate of drug-likeness (QED) is 0.542. The number of allylic oxidation sites excluding steroid dienone is 2. The summed E-state index contributed by atoms with van der Waals surface area (Å²) in [6.07, 6.45) is 5.38. The smallest absolute Gasteiger partial charge is 0.0290 e. The van der Waals surface area contributed by atoms with Gasteiger partial charge < -0.3 is 11.1 Å². The number of rotatable bonds is 4. The second-order valence-electron chi connectivity index (χ2n) is 1.98. The van der Waals surface area contributed by atoms with Crippen LogP contribution in [0, 0.1) is 0 Å². The molecule has 2 nitrogen and oxygen atoms in total. The van der Waals surface area contributed by atoms with Crippen molar-refractivity contribution in [3.05, 3.63) is 24.9 Å². The number of nitrogens with one attached hydrogen (secondary N) is 1. The predicted molar refractivity (Wildman–Crippen MR) is 41.0 cm³/mol. The van der Waals surface area contributed by atoms with Gasteiger partial charge in [0.15, 0.2) is 0 Å². The lowest BCUT2D eigenvalue weighted by atomic mass is 10.4. The van der Waals surface area contributed by atoms with E-state index in [4.69, 9.17) is 5.73 Å². The zero-order valence-corrected chi connectivity index (χ0v) is 5.80. The molecule has 0 fully saturated rings. The van der Waals surface area contributed by atoms with Crippen molar-refractivity contribution in [1.82, 2.24) is 5.32 Å². The fourth-order valence-corrected chi connectivity index (χ4v) is 0.390. The van der Waals surface area contributed by atoms with E-state index in [9.17, 15) is 0 Å². The summed E-state index contributed by atoms with van der Waals surface area (Å²) in [5, 5.41) is 3.01. The first-order valence-electron chi connectivity index (χ1n) is 3.04. The number of hydrogen-bond acceptors (Lipinski definition) is 2. The molecule has 0 aromatic carbocycles. The van der Waals surface area contributed by atoms with E-state index in [1.54, 1.807) is 6.08 Å². The van der Waals surface area contributed by atoms with Gasteiger partial charge in [-0.15, -0.1) is 0 Å². The monoisotopic (exact) mass is 126 g/mol. The predicted octanol–water partition coefficient (Wildman–Crippen LogP) is 0.623. The molecule has 0 spiro atoms. The third kappa shape index (κ3) is 7.24. The molecule has 0 aliphatic rings. The Balaban J connectivity index is 3.08. The molecule has 0 radical (unpaired) electrons. The minimum atomic E-state index is 0.208. The highest BCUT2D eigenvalue weighted by Gasteiger charge is 1.85. The Kier molecular flexibility index (Phi) is 4.92. The fourth-order valence-electron chi connectivity index (χ4n) is 0.390. The minimum absolute atomic E-state index is 0.208. The summed E-state index contributed by atoms with van der Waals surface area (Å²) in [4.78, 5) is 0. The van der Waals surface area contributed by atoms with Crippen molar-refractivity contribution in [2.45, 2.75) is 13.0 Å². The van der Waals surface area contributed by atoms with Gasteiger partial charge in [0.25, 0.3) is 0 Å². The first kappa shape index (κ1) is 8.24. The molecular formula is C7H14N2. The van der Waals surface area contributed by atoms with E-state index >= 15 is 0 Å². The van der Waals surface area contributed by atoms with E-state index in [-0.39, 0.29) is 6.04 Å². The van der Waals surface area contributed by atoms with Crippen LogP contribution in [-0.2, 0) is 0 Å². The van der Waals surface area contributed by atoms with E-state index in [2.05, 4.69) is 11.9 Å². The molecule has 0 aliphatic heterocycles. The Morgan fingerprint density at radius 2 is 2.44 bits per heavy atom. The highest BCUT2D eigenvalue weighted by atomic mass is 14.9. The first-order chi connectivity index (χ1) is 4.27. The molecule has 0 saturated carbocycles. The molecule has 3 N–H and O–H groups in total. The molecule has 1 atom stereocenters. The Morgan fingerprint density at radius 3 is 2.89 bits per heavy atom. The molecule has 0 saturated heterocycles. The van der Waals surface area contributed by atoms with Crippen LogP contribution in [0.15, 0.2) is 24.9 Å². The average molecular weight is 126 g/mol. The molecular weight excluding hydrogens is 112 g/mol. The lowest BCUT2D eigenvalue weighted by Gasteiger charge is -2.02. The van der Waals surface area contributed by atoms with Crippen molar-refractivity contribution in [1.29, 1.82) is 0 Å². The third-order valence-electron chi connectivity index (χ3n) is 0.790. The molecule has 0 heterocycles. The van der Waals surface area contributed by atoms with Gasteiger partial charge in [0.1, 0.15) is 0 Å².